The molecular formula is C18H38. The molecule has 0 spiro atoms. The van der Waals surface area contributed by atoms with Crippen molar-refractivity contribution in [1.82, 2.24) is 0 Å². The molecule has 2 unspecified atom stereocenters. The Morgan fingerprint density at radius 3 is 1.89 bits per heavy atom. The summed E-state index contributed by atoms with van der Waals surface area (Å²) in [5.41, 5.74) is 0. The topological polar surface area (TPSA) is 0 Å². The first kappa shape index (κ1) is 18.0. The van der Waals surface area contributed by atoms with Crippen LogP contribution in [0.25, 0.3) is 0 Å². The van der Waals surface area contributed by atoms with Gasteiger partial charge < -0.3 is 0 Å². The Balaban J connectivity index is 3.83. The lowest BCUT2D eigenvalue weighted by Crippen LogP contribution is -2.05. The molecule has 0 saturated carbocycles. The van der Waals surface area contributed by atoms with Crippen LogP contribution in [-0.2, 0) is 0 Å². The smallest absolute Gasteiger partial charge is 0.0414 e. The predicted molar refractivity (Wildman–Crippen MR) is 85.0 cm³/mol. The molecule has 0 aliphatic carbocycles. The molecular weight excluding hydrogens is 216 g/mol. The maximum absolute atomic E-state index is 2.41. The Labute approximate surface area is 117 Å². The van der Waals surface area contributed by atoms with E-state index < -0.39 is 0 Å². The van der Waals surface area contributed by atoms with Gasteiger partial charge >= 0.3 is 0 Å². The van der Waals surface area contributed by atoms with E-state index in [9.17, 15) is 0 Å². The molecule has 0 amide bonds. The first-order valence-electron chi connectivity index (χ1n) is 8.60. The second-order valence-electron chi connectivity index (χ2n) is 6.78. The molecule has 0 bridgehead atoms. The van der Waals surface area contributed by atoms with Gasteiger partial charge in [-0.25, -0.2) is 0 Å². The SMILES string of the molecule is CCCCCC(CCCC(C)C)CCC(C)CC. The lowest BCUT2D eigenvalue weighted by atomic mass is 9.87. The minimum atomic E-state index is 0.885. The molecule has 0 aliphatic heterocycles. The van der Waals surface area contributed by atoms with Crippen LogP contribution in [0, 0.1) is 17.8 Å². The van der Waals surface area contributed by atoms with Gasteiger partial charge in [-0.1, -0.05) is 98.8 Å². The maximum Gasteiger partial charge on any atom is -0.0414 e. The zero-order chi connectivity index (χ0) is 13.8. The van der Waals surface area contributed by atoms with Crippen LogP contribution in [0.2, 0.25) is 0 Å². The van der Waals surface area contributed by atoms with Crippen molar-refractivity contribution >= 4 is 0 Å². The minimum absolute atomic E-state index is 0.885. The lowest BCUT2D eigenvalue weighted by molar-refractivity contribution is 0.339. The third kappa shape index (κ3) is 11.1. The fourth-order valence-corrected chi connectivity index (χ4v) is 2.66. The summed E-state index contributed by atoms with van der Waals surface area (Å²) in [5, 5.41) is 0. The van der Waals surface area contributed by atoms with Crippen molar-refractivity contribution in [3.05, 3.63) is 0 Å². The summed E-state index contributed by atoms with van der Waals surface area (Å²) in [6.45, 7) is 11.8. The van der Waals surface area contributed by atoms with Crippen LogP contribution >= 0.6 is 0 Å². The summed E-state index contributed by atoms with van der Waals surface area (Å²) in [6, 6.07) is 0. The Morgan fingerprint density at radius 1 is 0.667 bits per heavy atom. The maximum atomic E-state index is 2.41. The predicted octanol–water partition coefficient (Wildman–Crippen LogP) is 6.84. The molecule has 0 aromatic carbocycles. The van der Waals surface area contributed by atoms with E-state index in [4.69, 9.17) is 0 Å². The summed E-state index contributed by atoms with van der Waals surface area (Å²) in [6.07, 6.45) is 14.4. The van der Waals surface area contributed by atoms with Crippen LogP contribution < -0.4 is 0 Å². The van der Waals surface area contributed by atoms with Crippen molar-refractivity contribution in [3.63, 3.8) is 0 Å². The molecule has 0 heterocycles. The van der Waals surface area contributed by atoms with Crippen LogP contribution in [0.5, 0.6) is 0 Å². The summed E-state index contributed by atoms with van der Waals surface area (Å²) in [7, 11) is 0. The van der Waals surface area contributed by atoms with Gasteiger partial charge in [0.2, 0.25) is 0 Å². The average Bonchev–Trinajstić information content (AvgIpc) is 2.34. The zero-order valence-electron chi connectivity index (χ0n) is 13.8. The first-order valence-corrected chi connectivity index (χ1v) is 8.60. The first-order chi connectivity index (χ1) is 8.60. The van der Waals surface area contributed by atoms with Crippen LogP contribution in [0.1, 0.15) is 98.8 Å². The average molecular weight is 255 g/mol. The van der Waals surface area contributed by atoms with Crippen LogP contribution in [-0.4, -0.2) is 0 Å². The van der Waals surface area contributed by atoms with E-state index in [1.54, 1.807) is 0 Å². The standard InChI is InChI=1S/C18H38/c1-6-8-9-12-18(13-10-11-16(3)4)15-14-17(5)7-2/h16-18H,6-15H2,1-5H3. The third-order valence-corrected chi connectivity index (χ3v) is 4.37. The minimum Gasteiger partial charge on any atom is -0.0654 e. The Morgan fingerprint density at radius 2 is 1.33 bits per heavy atom. The third-order valence-electron chi connectivity index (χ3n) is 4.37. The van der Waals surface area contributed by atoms with Gasteiger partial charge in [-0.2, -0.15) is 0 Å². The quantitative estimate of drug-likeness (QED) is 0.335. The van der Waals surface area contributed by atoms with Crippen LogP contribution in [0.15, 0.2) is 0 Å². The largest absolute Gasteiger partial charge is 0.0654 e. The molecule has 2 atom stereocenters. The highest BCUT2D eigenvalue weighted by molar-refractivity contribution is 4.63. The molecule has 0 heteroatoms. The second-order valence-corrected chi connectivity index (χ2v) is 6.78. The number of unbranched alkanes of at least 4 members (excludes halogenated alkanes) is 2. The van der Waals surface area contributed by atoms with Crippen molar-refractivity contribution < 1.29 is 0 Å². The summed E-state index contributed by atoms with van der Waals surface area (Å²) in [5.74, 6) is 2.84. The van der Waals surface area contributed by atoms with Crippen molar-refractivity contribution in [2.75, 3.05) is 0 Å². The molecule has 0 aromatic heterocycles. The van der Waals surface area contributed by atoms with Gasteiger partial charge in [0.1, 0.15) is 0 Å². The molecule has 0 aliphatic rings. The fourth-order valence-electron chi connectivity index (χ4n) is 2.66. The van der Waals surface area contributed by atoms with Crippen LogP contribution in [0.4, 0.5) is 0 Å². The summed E-state index contributed by atoms with van der Waals surface area (Å²) >= 11 is 0. The van der Waals surface area contributed by atoms with E-state index in [1.165, 1.54) is 64.2 Å². The molecule has 110 valence electrons. The molecule has 0 fully saturated rings. The van der Waals surface area contributed by atoms with Crippen LogP contribution in [0.3, 0.4) is 0 Å². The van der Waals surface area contributed by atoms with Gasteiger partial charge in [-0.3, -0.25) is 0 Å². The Bertz CT molecular complexity index is 159. The highest BCUT2D eigenvalue weighted by Crippen LogP contribution is 2.25. The molecule has 0 nitrogen and oxygen atoms in total. The van der Waals surface area contributed by atoms with Gasteiger partial charge in [-0.15, -0.1) is 0 Å². The van der Waals surface area contributed by atoms with Crippen molar-refractivity contribution in [3.8, 4) is 0 Å². The van der Waals surface area contributed by atoms with E-state index in [0.29, 0.717) is 0 Å². The monoisotopic (exact) mass is 254 g/mol. The molecule has 0 N–H and O–H groups in total. The van der Waals surface area contributed by atoms with Crippen molar-refractivity contribution in [2.24, 2.45) is 17.8 Å². The molecule has 18 heavy (non-hydrogen) atoms. The van der Waals surface area contributed by atoms with Gasteiger partial charge in [0, 0.05) is 0 Å². The van der Waals surface area contributed by atoms with E-state index in [1.807, 2.05) is 0 Å². The van der Waals surface area contributed by atoms with Gasteiger partial charge in [0.15, 0.2) is 0 Å². The highest BCUT2D eigenvalue weighted by Gasteiger charge is 2.10. The Kier molecular flexibility index (Phi) is 12.1. The van der Waals surface area contributed by atoms with Gasteiger partial charge in [0.05, 0.1) is 0 Å². The number of hydrogen-bond donors (Lipinski definition) is 0. The fraction of sp³-hybridized carbons (Fsp3) is 1.00. The van der Waals surface area contributed by atoms with Crippen molar-refractivity contribution in [2.45, 2.75) is 98.8 Å². The highest BCUT2D eigenvalue weighted by atomic mass is 14.2. The van der Waals surface area contributed by atoms with E-state index in [0.717, 1.165) is 17.8 Å². The lowest BCUT2D eigenvalue weighted by Gasteiger charge is -2.19. The van der Waals surface area contributed by atoms with E-state index >= 15 is 0 Å². The second kappa shape index (κ2) is 12.1. The molecule has 0 rings (SSSR count). The zero-order valence-corrected chi connectivity index (χ0v) is 13.8. The van der Waals surface area contributed by atoms with Gasteiger partial charge in [0.25, 0.3) is 0 Å². The molecule has 0 saturated heterocycles. The van der Waals surface area contributed by atoms with Crippen molar-refractivity contribution in [1.29, 1.82) is 0 Å². The number of rotatable bonds is 12. The summed E-state index contributed by atoms with van der Waals surface area (Å²) in [4.78, 5) is 0. The van der Waals surface area contributed by atoms with Gasteiger partial charge in [-0.05, 0) is 17.8 Å². The Hall–Kier alpha value is 0. The molecule has 0 radical (unpaired) electrons. The van der Waals surface area contributed by atoms with E-state index in [2.05, 4.69) is 34.6 Å². The normalized spacial score (nSPS) is 15.0. The van der Waals surface area contributed by atoms with E-state index in [-0.39, 0.29) is 0 Å². The summed E-state index contributed by atoms with van der Waals surface area (Å²) < 4.78 is 0. The number of hydrogen-bond acceptors (Lipinski definition) is 0. The molecule has 0 aromatic rings.